The van der Waals surface area contributed by atoms with Crippen molar-refractivity contribution in [2.75, 3.05) is 7.11 Å². The number of carboxylic acid groups (broad SMARTS) is 1. The van der Waals surface area contributed by atoms with E-state index in [4.69, 9.17) is 9.72 Å². The van der Waals surface area contributed by atoms with E-state index in [-0.39, 0.29) is 41.8 Å². The Morgan fingerprint density at radius 3 is 2.46 bits per heavy atom. The number of rotatable bonds is 11. The normalized spacial score (nSPS) is 17.3. The van der Waals surface area contributed by atoms with Crippen LogP contribution in [-0.4, -0.2) is 40.5 Å². The van der Waals surface area contributed by atoms with Crippen molar-refractivity contribution in [3.63, 3.8) is 0 Å². The van der Waals surface area contributed by atoms with Crippen molar-refractivity contribution in [1.82, 2.24) is 4.98 Å². The molecule has 2 fully saturated rings. The molecule has 0 bridgehead atoms. The minimum atomic E-state index is -1.36. The second-order valence-electron chi connectivity index (χ2n) is 9.48. The number of aliphatic hydroxyl groups is 2. The predicted molar refractivity (Wildman–Crippen MR) is 124 cm³/mol. The van der Waals surface area contributed by atoms with E-state index in [1.54, 1.807) is 19.3 Å². The average Bonchev–Trinajstić information content (AvgIpc) is 3.66. The number of carbonyl (C=O) groups is 1. The molecule has 2 aliphatic carbocycles. The fraction of sp³-hybridized carbons (Fsp3) is 0.481. The summed E-state index contributed by atoms with van der Waals surface area (Å²) in [5.74, 6) is -0.944. The van der Waals surface area contributed by atoms with Gasteiger partial charge in [-0.05, 0) is 61.4 Å². The Labute approximate surface area is 227 Å². The van der Waals surface area contributed by atoms with Gasteiger partial charge >= 0.3 is 29.6 Å². The first kappa shape index (κ1) is 28.0. The summed E-state index contributed by atoms with van der Waals surface area (Å²) in [6, 6.07) is 4.74. The monoisotopic (exact) mass is 491 g/mol. The van der Waals surface area contributed by atoms with Crippen LogP contribution >= 0.6 is 0 Å². The van der Waals surface area contributed by atoms with Gasteiger partial charge in [-0.1, -0.05) is 18.2 Å². The maximum atomic E-state index is 14.0. The summed E-state index contributed by atoms with van der Waals surface area (Å²) in [4.78, 5) is 15.8. The van der Waals surface area contributed by atoms with Crippen molar-refractivity contribution in [2.24, 2.45) is 0 Å². The van der Waals surface area contributed by atoms with Gasteiger partial charge in [0.15, 0.2) is 0 Å². The second kappa shape index (κ2) is 12.1. The Balaban J connectivity index is 0.00000342. The third-order valence-electron chi connectivity index (χ3n) is 6.47. The summed E-state index contributed by atoms with van der Waals surface area (Å²) in [5, 5.41) is 31.1. The summed E-state index contributed by atoms with van der Waals surface area (Å²) in [7, 11) is 1.64. The number of carbonyl (C=O) groups excluding carboxylic acids is 1. The zero-order chi connectivity index (χ0) is 24.4. The van der Waals surface area contributed by atoms with E-state index >= 15 is 0 Å². The van der Waals surface area contributed by atoms with Crippen LogP contribution in [0.1, 0.15) is 78.4 Å². The van der Waals surface area contributed by atoms with Gasteiger partial charge in [0.05, 0.1) is 24.5 Å². The zero-order valence-electron chi connectivity index (χ0n) is 20.6. The van der Waals surface area contributed by atoms with Gasteiger partial charge in [-0.2, -0.15) is 0 Å². The number of aliphatic hydroxyl groups excluding tert-OH is 2. The standard InChI is InChI=1S/C27H32FNO5.Na/c1-15-11-18(28)7-9-21(15)25-22(10-8-19(30)12-20(31)13-24(32)33)26(16-3-4-16)29-27(17-5-6-17)23(25)14-34-2;/h7-11,16-17,19-20,30-31H,3-6,12-14H2,1-2H3,(H,32,33);/q;+1/p-1/b10-8+;/t19-,20-;/m1./s1. The van der Waals surface area contributed by atoms with Gasteiger partial charge < -0.3 is 24.9 Å². The van der Waals surface area contributed by atoms with E-state index in [9.17, 15) is 24.5 Å². The molecule has 1 heterocycles. The number of nitrogens with zero attached hydrogens (tertiary/aromatic N) is 1. The van der Waals surface area contributed by atoms with Crippen molar-refractivity contribution < 1.29 is 58.8 Å². The van der Waals surface area contributed by atoms with Gasteiger partial charge in [0.25, 0.3) is 0 Å². The van der Waals surface area contributed by atoms with Crippen molar-refractivity contribution in [3.8, 4) is 11.1 Å². The summed E-state index contributed by atoms with van der Waals surface area (Å²) in [5.41, 5.74) is 6.50. The fourth-order valence-corrected chi connectivity index (χ4v) is 4.55. The van der Waals surface area contributed by atoms with Crippen LogP contribution in [0.3, 0.4) is 0 Å². The molecule has 0 radical (unpaired) electrons. The van der Waals surface area contributed by atoms with E-state index in [2.05, 4.69) is 0 Å². The summed E-state index contributed by atoms with van der Waals surface area (Å²) in [6.45, 7) is 2.24. The predicted octanol–water partition coefficient (Wildman–Crippen LogP) is 0.366. The topological polar surface area (TPSA) is 103 Å². The molecule has 2 aliphatic rings. The molecule has 2 N–H and O–H groups in total. The Kier molecular flexibility index (Phi) is 9.66. The van der Waals surface area contributed by atoms with Crippen LogP contribution in [0, 0.1) is 12.7 Å². The van der Waals surface area contributed by atoms with Gasteiger partial charge in [0.1, 0.15) is 5.82 Å². The molecule has 2 atom stereocenters. The Morgan fingerprint density at radius 1 is 1.23 bits per heavy atom. The number of carboxylic acids is 1. The van der Waals surface area contributed by atoms with Crippen LogP contribution in [0.2, 0.25) is 0 Å². The van der Waals surface area contributed by atoms with Crippen LogP contribution in [0.25, 0.3) is 17.2 Å². The smallest absolute Gasteiger partial charge is 0.550 e. The zero-order valence-corrected chi connectivity index (χ0v) is 22.6. The molecule has 0 saturated heterocycles. The maximum absolute atomic E-state index is 14.0. The molecule has 4 rings (SSSR count). The van der Waals surface area contributed by atoms with Gasteiger partial charge in [0.2, 0.25) is 0 Å². The van der Waals surface area contributed by atoms with Crippen molar-refractivity contribution >= 4 is 12.0 Å². The van der Waals surface area contributed by atoms with Crippen molar-refractivity contribution in [3.05, 3.63) is 58.2 Å². The molecule has 0 unspecified atom stereocenters. The summed E-state index contributed by atoms with van der Waals surface area (Å²) >= 11 is 0. The molecule has 35 heavy (non-hydrogen) atoms. The maximum Gasteiger partial charge on any atom is 1.00 e. The number of aryl methyl sites for hydroxylation is 1. The van der Waals surface area contributed by atoms with Gasteiger partial charge in [-0.15, -0.1) is 0 Å². The third-order valence-corrected chi connectivity index (χ3v) is 6.47. The summed E-state index contributed by atoms with van der Waals surface area (Å²) < 4.78 is 19.5. The molecule has 6 nitrogen and oxygen atoms in total. The van der Waals surface area contributed by atoms with E-state index in [0.717, 1.165) is 64.9 Å². The van der Waals surface area contributed by atoms with Crippen molar-refractivity contribution in [1.29, 1.82) is 0 Å². The first-order valence-electron chi connectivity index (χ1n) is 11.8. The molecule has 8 heteroatoms. The number of benzene rings is 1. The second-order valence-corrected chi connectivity index (χ2v) is 9.48. The number of ether oxygens (including phenoxy) is 1. The molecule has 0 aliphatic heterocycles. The molecule has 0 spiro atoms. The number of hydrogen-bond donors (Lipinski definition) is 2. The molecule has 2 aromatic rings. The van der Waals surface area contributed by atoms with E-state index in [1.807, 2.05) is 13.0 Å². The van der Waals surface area contributed by atoms with Crippen LogP contribution in [0.5, 0.6) is 0 Å². The number of aromatic nitrogens is 1. The van der Waals surface area contributed by atoms with E-state index in [1.165, 1.54) is 12.1 Å². The van der Waals surface area contributed by atoms with Crippen LogP contribution < -0.4 is 34.7 Å². The van der Waals surface area contributed by atoms with Crippen molar-refractivity contribution in [2.45, 2.75) is 76.1 Å². The van der Waals surface area contributed by atoms with Gasteiger partial charge in [-0.3, -0.25) is 4.98 Å². The molecule has 2 saturated carbocycles. The van der Waals surface area contributed by atoms with Crippen LogP contribution in [0.4, 0.5) is 4.39 Å². The number of hydrogen-bond acceptors (Lipinski definition) is 6. The van der Waals surface area contributed by atoms with Gasteiger partial charge in [0, 0.05) is 54.6 Å². The SMILES string of the molecule is COCc1c(C2CC2)nc(C2CC2)c(/C=C/[C@@H](O)C[C@@H](O)CC(=O)[O-])c1-c1ccc(F)cc1C.[Na+]. The molecule has 0 amide bonds. The molecule has 1 aromatic carbocycles. The Hall–Kier alpha value is -1.61. The molecule has 1 aromatic heterocycles. The molecule has 182 valence electrons. The molecular weight excluding hydrogens is 460 g/mol. The van der Waals surface area contributed by atoms with Crippen LogP contribution in [-0.2, 0) is 16.1 Å². The minimum Gasteiger partial charge on any atom is -0.550 e. The Morgan fingerprint density at radius 2 is 1.89 bits per heavy atom. The number of pyridine rings is 1. The fourth-order valence-electron chi connectivity index (χ4n) is 4.55. The minimum absolute atomic E-state index is 0. The number of halogens is 1. The number of methoxy groups -OCH3 is 1. The van der Waals surface area contributed by atoms with E-state index < -0.39 is 24.6 Å². The first-order valence-corrected chi connectivity index (χ1v) is 11.8. The summed E-state index contributed by atoms with van der Waals surface area (Å²) in [6.07, 6.45) is 4.72. The average molecular weight is 492 g/mol. The quantitative estimate of drug-likeness (QED) is 0.441. The number of aliphatic carboxylic acids is 1. The van der Waals surface area contributed by atoms with Crippen LogP contribution in [0.15, 0.2) is 24.3 Å². The largest absolute Gasteiger partial charge is 1.00 e. The Bertz CT molecular complexity index is 1100. The molecular formula is C27H31FNNaO5. The first-order chi connectivity index (χ1) is 16.3. The van der Waals surface area contributed by atoms with E-state index in [0.29, 0.717) is 18.4 Å². The van der Waals surface area contributed by atoms with Gasteiger partial charge in [-0.25, -0.2) is 4.39 Å². The third kappa shape index (κ3) is 7.00.